The van der Waals surface area contributed by atoms with Gasteiger partial charge in [-0.3, -0.25) is 0 Å². The summed E-state index contributed by atoms with van der Waals surface area (Å²) in [4.78, 5) is 5.92. The van der Waals surface area contributed by atoms with Crippen LogP contribution >= 0.6 is 11.3 Å². The molecule has 0 radical (unpaired) electrons. The first-order valence-electron chi connectivity index (χ1n) is 6.58. The minimum absolute atomic E-state index is 0.778. The first-order chi connectivity index (χ1) is 9.67. The lowest BCUT2D eigenvalue weighted by Gasteiger charge is -2.06. The second kappa shape index (κ2) is 6.72. The van der Waals surface area contributed by atoms with Gasteiger partial charge >= 0.3 is 0 Å². The summed E-state index contributed by atoms with van der Waals surface area (Å²) >= 11 is 1.71. The molecular weight excluding hydrogens is 272 g/mol. The summed E-state index contributed by atoms with van der Waals surface area (Å²) < 4.78 is 10.6. The highest BCUT2D eigenvalue weighted by Crippen LogP contribution is 2.33. The van der Waals surface area contributed by atoms with Gasteiger partial charge in [0.15, 0.2) is 0 Å². The molecule has 4 nitrogen and oxygen atoms in total. The van der Waals surface area contributed by atoms with Crippen molar-refractivity contribution in [1.82, 2.24) is 10.3 Å². The Morgan fingerprint density at radius 2 is 1.80 bits per heavy atom. The molecule has 0 amide bonds. The fourth-order valence-corrected chi connectivity index (χ4v) is 2.90. The zero-order valence-corrected chi connectivity index (χ0v) is 13.1. The van der Waals surface area contributed by atoms with E-state index in [-0.39, 0.29) is 0 Å². The monoisotopic (exact) mass is 292 g/mol. The predicted octanol–water partition coefficient (Wildman–Crippen LogP) is 3.25. The highest BCUT2D eigenvalue weighted by Gasteiger charge is 2.11. The number of rotatable bonds is 6. The molecule has 0 fully saturated rings. The number of nitrogens with one attached hydrogen (secondary N) is 1. The molecule has 1 aromatic heterocycles. The molecule has 1 heterocycles. The number of aromatic nitrogens is 1. The Morgan fingerprint density at radius 3 is 2.35 bits per heavy atom. The van der Waals surface area contributed by atoms with Crippen LogP contribution < -0.4 is 14.8 Å². The summed E-state index contributed by atoms with van der Waals surface area (Å²) in [5, 5.41) is 4.33. The van der Waals surface area contributed by atoms with Gasteiger partial charge in [-0.15, -0.1) is 11.3 Å². The van der Waals surface area contributed by atoms with E-state index in [4.69, 9.17) is 9.47 Å². The van der Waals surface area contributed by atoms with E-state index in [1.807, 2.05) is 25.1 Å². The molecule has 2 aromatic rings. The molecule has 0 unspecified atom stereocenters. The van der Waals surface area contributed by atoms with Gasteiger partial charge in [-0.05, 0) is 25.6 Å². The first-order valence-corrected chi connectivity index (χ1v) is 7.40. The van der Waals surface area contributed by atoms with Gasteiger partial charge in [0, 0.05) is 23.1 Å². The van der Waals surface area contributed by atoms with E-state index in [1.54, 1.807) is 25.6 Å². The van der Waals surface area contributed by atoms with Crippen LogP contribution in [0.4, 0.5) is 0 Å². The molecule has 0 aliphatic rings. The third kappa shape index (κ3) is 3.29. The smallest absolute Gasteiger partial charge is 0.124 e. The van der Waals surface area contributed by atoms with Gasteiger partial charge in [-0.1, -0.05) is 6.92 Å². The van der Waals surface area contributed by atoms with Crippen LogP contribution in [0.15, 0.2) is 18.2 Å². The number of ether oxygens (including phenoxy) is 2. The Labute approximate surface area is 123 Å². The molecule has 5 heteroatoms. The number of hydrogen-bond acceptors (Lipinski definition) is 5. The largest absolute Gasteiger partial charge is 0.497 e. The summed E-state index contributed by atoms with van der Waals surface area (Å²) in [6.45, 7) is 5.97. The predicted molar refractivity (Wildman–Crippen MR) is 82.8 cm³/mol. The summed E-state index contributed by atoms with van der Waals surface area (Å²) in [6.07, 6.45) is 0. The Balaban J connectivity index is 2.35. The summed E-state index contributed by atoms with van der Waals surface area (Å²) in [7, 11) is 3.31. The van der Waals surface area contributed by atoms with Crippen molar-refractivity contribution < 1.29 is 9.47 Å². The zero-order valence-electron chi connectivity index (χ0n) is 12.3. The zero-order chi connectivity index (χ0) is 14.5. The molecule has 20 heavy (non-hydrogen) atoms. The topological polar surface area (TPSA) is 43.4 Å². The Hall–Kier alpha value is -1.59. The van der Waals surface area contributed by atoms with Crippen LogP contribution in [0.2, 0.25) is 0 Å². The van der Waals surface area contributed by atoms with Gasteiger partial charge in [0.25, 0.3) is 0 Å². The fourth-order valence-electron chi connectivity index (χ4n) is 1.88. The van der Waals surface area contributed by atoms with Gasteiger partial charge in [-0.25, -0.2) is 4.98 Å². The summed E-state index contributed by atoms with van der Waals surface area (Å²) in [5.74, 6) is 1.56. The molecule has 0 saturated carbocycles. The van der Waals surface area contributed by atoms with Crippen LogP contribution in [0.25, 0.3) is 10.6 Å². The molecule has 1 N–H and O–H groups in total. The van der Waals surface area contributed by atoms with Gasteiger partial charge in [0.2, 0.25) is 0 Å². The maximum atomic E-state index is 5.31. The van der Waals surface area contributed by atoms with E-state index in [2.05, 4.69) is 17.2 Å². The van der Waals surface area contributed by atoms with Crippen molar-refractivity contribution in [2.45, 2.75) is 20.4 Å². The minimum atomic E-state index is 0.778. The van der Waals surface area contributed by atoms with Crippen LogP contribution in [0.5, 0.6) is 11.5 Å². The second-order valence-electron chi connectivity index (χ2n) is 4.41. The van der Waals surface area contributed by atoms with Gasteiger partial charge in [-0.2, -0.15) is 0 Å². The number of hydrogen-bond donors (Lipinski definition) is 1. The lowest BCUT2D eigenvalue weighted by atomic mass is 10.2. The van der Waals surface area contributed by atoms with Crippen molar-refractivity contribution in [3.63, 3.8) is 0 Å². The van der Waals surface area contributed by atoms with E-state index in [0.717, 1.165) is 40.9 Å². The Morgan fingerprint density at radius 1 is 1.15 bits per heavy atom. The SMILES string of the molecule is CCNCc1sc(-c2cc(OC)cc(OC)c2)nc1C. The second-order valence-corrected chi connectivity index (χ2v) is 5.49. The first kappa shape index (κ1) is 14.8. The van der Waals surface area contributed by atoms with Gasteiger partial charge < -0.3 is 14.8 Å². The summed E-state index contributed by atoms with van der Waals surface area (Å²) in [5.41, 5.74) is 2.10. The van der Waals surface area contributed by atoms with Crippen molar-refractivity contribution in [1.29, 1.82) is 0 Å². The van der Waals surface area contributed by atoms with Crippen molar-refractivity contribution in [2.24, 2.45) is 0 Å². The Bertz CT molecular complexity index is 559. The van der Waals surface area contributed by atoms with E-state index >= 15 is 0 Å². The van der Waals surface area contributed by atoms with E-state index in [0.29, 0.717) is 0 Å². The molecule has 108 valence electrons. The third-order valence-corrected chi connectivity index (χ3v) is 4.23. The summed E-state index contributed by atoms with van der Waals surface area (Å²) in [6, 6.07) is 5.83. The minimum Gasteiger partial charge on any atom is -0.497 e. The van der Waals surface area contributed by atoms with E-state index in [1.165, 1.54) is 4.88 Å². The van der Waals surface area contributed by atoms with E-state index in [9.17, 15) is 0 Å². The normalized spacial score (nSPS) is 10.6. The van der Waals surface area contributed by atoms with Crippen LogP contribution in [0, 0.1) is 6.92 Å². The number of methoxy groups -OCH3 is 2. The van der Waals surface area contributed by atoms with Gasteiger partial charge in [0.1, 0.15) is 16.5 Å². The quantitative estimate of drug-likeness (QED) is 0.887. The third-order valence-electron chi connectivity index (χ3n) is 3.03. The average Bonchev–Trinajstić information content (AvgIpc) is 2.85. The van der Waals surface area contributed by atoms with Crippen molar-refractivity contribution in [3.05, 3.63) is 28.8 Å². The average molecular weight is 292 g/mol. The highest BCUT2D eigenvalue weighted by molar-refractivity contribution is 7.15. The molecule has 0 spiro atoms. The molecular formula is C15H20N2O2S. The van der Waals surface area contributed by atoms with Crippen LogP contribution in [-0.2, 0) is 6.54 Å². The van der Waals surface area contributed by atoms with Crippen LogP contribution in [0.1, 0.15) is 17.5 Å². The van der Waals surface area contributed by atoms with E-state index < -0.39 is 0 Å². The van der Waals surface area contributed by atoms with Crippen LogP contribution in [-0.4, -0.2) is 25.7 Å². The molecule has 2 rings (SSSR count). The standard InChI is InChI=1S/C15H20N2O2S/c1-5-16-9-14-10(2)17-15(20-14)11-6-12(18-3)8-13(7-11)19-4/h6-8,16H,5,9H2,1-4H3. The Kier molecular flexibility index (Phi) is 4.98. The number of benzene rings is 1. The van der Waals surface area contributed by atoms with Gasteiger partial charge in [0.05, 0.1) is 19.9 Å². The fraction of sp³-hybridized carbons (Fsp3) is 0.400. The number of aryl methyl sites for hydroxylation is 1. The lowest BCUT2D eigenvalue weighted by molar-refractivity contribution is 0.394. The lowest BCUT2D eigenvalue weighted by Crippen LogP contribution is -2.11. The van der Waals surface area contributed by atoms with Crippen molar-refractivity contribution >= 4 is 11.3 Å². The molecule has 0 bridgehead atoms. The van der Waals surface area contributed by atoms with Crippen molar-refractivity contribution in [3.8, 4) is 22.1 Å². The number of thiazole rings is 1. The highest BCUT2D eigenvalue weighted by atomic mass is 32.1. The maximum absolute atomic E-state index is 5.31. The number of nitrogens with zero attached hydrogens (tertiary/aromatic N) is 1. The van der Waals surface area contributed by atoms with Crippen molar-refractivity contribution in [2.75, 3.05) is 20.8 Å². The maximum Gasteiger partial charge on any atom is 0.124 e. The molecule has 0 saturated heterocycles. The molecule has 0 atom stereocenters. The van der Waals surface area contributed by atoms with Crippen LogP contribution in [0.3, 0.4) is 0 Å². The molecule has 0 aliphatic carbocycles. The molecule has 1 aromatic carbocycles. The molecule has 0 aliphatic heterocycles.